The van der Waals surface area contributed by atoms with Crippen LogP contribution in [0.2, 0.25) is 0 Å². The lowest BCUT2D eigenvalue weighted by Gasteiger charge is -2.36. The number of methoxy groups -OCH3 is 1. The molecule has 11 heteroatoms. The first-order chi connectivity index (χ1) is 15.9. The molecule has 3 amide bonds. The number of phenolic OH excluding ortho intramolecular Hbond substituents is 1. The molecule has 0 aliphatic carbocycles. The first kappa shape index (κ1) is 24.2. The number of nitrogens with zero attached hydrogens (tertiary/aromatic N) is 2. The van der Waals surface area contributed by atoms with Gasteiger partial charge in [0.2, 0.25) is 0 Å². The Morgan fingerprint density at radius 3 is 2.52 bits per heavy atom. The van der Waals surface area contributed by atoms with Crippen LogP contribution in [0.3, 0.4) is 0 Å². The van der Waals surface area contributed by atoms with Gasteiger partial charge < -0.3 is 34.9 Å². The van der Waals surface area contributed by atoms with Crippen molar-refractivity contribution in [2.24, 2.45) is 0 Å². The summed E-state index contributed by atoms with van der Waals surface area (Å²) >= 11 is 0. The number of carbonyl (C=O) groups is 3. The van der Waals surface area contributed by atoms with Crippen molar-refractivity contribution in [3.05, 3.63) is 35.0 Å². The van der Waals surface area contributed by atoms with E-state index in [1.807, 2.05) is 4.90 Å². The molecular formula is C22H30N4O7. The molecule has 2 heterocycles. The van der Waals surface area contributed by atoms with Crippen molar-refractivity contribution in [1.29, 1.82) is 0 Å². The Morgan fingerprint density at radius 2 is 1.88 bits per heavy atom. The first-order valence-corrected chi connectivity index (χ1v) is 10.9. The second-order valence-electron chi connectivity index (χ2n) is 7.54. The van der Waals surface area contributed by atoms with Crippen LogP contribution in [-0.2, 0) is 14.3 Å². The fraction of sp³-hybridized carbons (Fsp3) is 0.500. The zero-order valence-electron chi connectivity index (χ0n) is 19.1. The molecule has 2 aliphatic rings. The Labute approximate surface area is 192 Å². The normalized spacial score (nSPS) is 18.9. The highest BCUT2D eigenvalue weighted by molar-refractivity contribution is 5.95. The van der Waals surface area contributed by atoms with Gasteiger partial charge in [-0.3, -0.25) is 4.90 Å². The summed E-state index contributed by atoms with van der Waals surface area (Å²) < 4.78 is 15.5. The van der Waals surface area contributed by atoms with Crippen molar-refractivity contribution in [2.45, 2.75) is 19.9 Å². The van der Waals surface area contributed by atoms with Crippen LogP contribution in [0.1, 0.15) is 25.5 Å². The van der Waals surface area contributed by atoms with Crippen LogP contribution in [0.15, 0.2) is 29.5 Å². The highest BCUT2D eigenvalue weighted by atomic mass is 16.6. The van der Waals surface area contributed by atoms with E-state index >= 15 is 0 Å². The molecule has 1 fully saturated rings. The Balaban J connectivity index is 1.86. The predicted molar refractivity (Wildman–Crippen MR) is 118 cm³/mol. The van der Waals surface area contributed by atoms with E-state index in [1.165, 1.54) is 13.2 Å². The lowest BCUT2D eigenvalue weighted by atomic mass is 9.94. The molecule has 1 aromatic carbocycles. The van der Waals surface area contributed by atoms with E-state index in [0.717, 1.165) is 0 Å². The minimum atomic E-state index is -0.790. The van der Waals surface area contributed by atoms with Crippen LogP contribution >= 0.6 is 0 Å². The van der Waals surface area contributed by atoms with Crippen molar-refractivity contribution < 1.29 is 33.7 Å². The second-order valence-corrected chi connectivity index (χ2v) is 7.54. The predicted octanol–water partition coefficient (Wildman–Crippen LogP) is 1.35. The monoisotopic (exact) mass is 462 g/mol. The third-order valence-corrected chi connectivity index (χ3v) is 5.46. The molecule has 3 N–H and O–H groups in total. The molecule has 33 heavy (non-hydrogen) atoms. The summed E-state index contributed by atoms with van der Waals surface area (Å²) in [4.78, 5) is 40.8. The van der Waals surface area contributed by atoms with Gasteiger partial charge in [-0.15, -0.1) is 0 Å². The third-order valence-electron chi connectivity index (χ3n) is 5.46. The number of hydrogen-bond acceptors (Lipinski definition) is 8. The molecule has 0 bridgehead atoms. The second kappa shape index (κ2) is 10.9. The smallest absolute Gasteiger partial charge is 0.409 e. The first-order valence-electron chi connectivity index (χ1n) is 10.9. The number of rotatable bonds is 7. The summed E-state index contributed by atoms with van der Waals surface area (Å²) in [6.45, 7) is 6.57. The molecule has 0 aromatic heterocycles. The van der Waals surface area contributed by atoms with Crippen molar-refractivity contribution >= 4 is 18.1 Å². The molecule has 3 rings (SSSR count). The van der Waals surface area contributed by atoms with Gasteiger partial charge in [-0.25, -0.2) is 14.4 Å². The van der Waals surface area contributed by atoms with Gasteiger partial charge in [0.1, 0.15) is 0 Å². The maximum Gasteiger partial charge on any atom is 0.409 e. The lowest BCUT2D eigenvalue weighted by molar-refractivity contribution is -0.136. The number of benzene rings is 1. The number of aromatic hydroxyl groups is 1. The average molecular weight is 463 g/mol. The van der Waals surface area contributed by atoms with Gasteiger partial charge in [0, 0.05) is 38.4 Å². The fourth-order valence-electron chi connectivity index (χ4n) is 3.85. The molecule has 1 aromatic rings. The van der Waals surface area contributed by atoms with E-state index in [0.29, 0.717) is 57.2 Å². The van der Waals surface area contributed by atoms with E-state index in [4.69, 9.17) is 14.2 Å². The number of phenols is 1. The Morgan fingerprint density at radius 1 is 1.15 bits per heavy atom. The summed E-state index contributed by atoms with van der Waals surface area (Å²) in [5.41, 5.74) is 1.25. The van der Waals surface area contributed by atoms with Gasteiger partial charge in [-0.05, 0) is 31.5 Å². The zero-order valence-corrected chi connectivity index (χ0v) is 19.1. The van der Waals surface area contributed by atoms with Crippen molar-refractivity contribution in [1.82, 2.24) is 20.4 Å². The molecule has 1 atom stereocenters. The molecule has 0 saturated carbocycles. The molecule has 0 unspecified atom stereocenters. The van der Waals surface area contributed by atoms with Crippen LogP contribution in [0.5, 0.6) is 11.5 Å². The van der Waals surface area contributed by atoms with Crippen LogP contribution < -0.4 is 15.4 Å². The lowest BCUT2D eigenvalue weighted by Crippen LogP contribution is -2.52. The highest BCUT2D eigenvalue weighted by Gasteiger charge is 2.35. The number of amides is 3. The van der Waals surface area contributed by atoms with Crippen LogP contribution in [0.4, 0.5) is 9.59 Å². The molecule has 11 nitrogen and oxygen atoms in total. The number of carbonyl (C=O) groups excluding carboxylic acids is 3. The summed E-state index contributed by atoms with van der Waals surface area (Å²) in [5, 5.41) is 15.5. The summed E-state index contributed by atoms with van der Waals surface area (Å²) in [5.74, 6) is -0.369. The standard InChI is InChI=1S/C22H30N4O7/c1-4-32-17-12-14(6-7-16(17)27)19-18(20(28)31-3)15(23-21(29)24-19)13-25-8-10-26(11-9-25)22(30)33-5-2/h6-7,12,19,27H,4-5,8-11,13H2,1-3H3,(H2,23,24,29)/t19-/m1/s1. The van der Waals surface area contributed by atoms with Gasteiger partial charge in [0.15, 0.2) is 11.5 Å². The van der Waals surface area contributed by atoms with Gasteiger partial charge in [-0.1, -0.05) is 6.07 Å². The Hall–Kier alpha value is -3.47. The number of piperazine rings is 1. The molecular weight excluding hydrogens is 432 g/mol. The Kier molecular flexibility index (Phi) is 7.99. The molecule has 180 valence electrons. The quantitative estimate of drug-likeness (QED) is 0.518. The van der Waals surface area contributed by atoms with Crippen LogP contribution in [0.25, 0.3) is 0 Å². The Bertz CT molecular complexity index is 925. The number of esters is 1. The maximum absolute atomic E-state index is 12.8. The maximum atomic E-state index is 12.8. The average Bonchev–Trinajstić information content (AvgIpc) is 2.80. The molecule has 1 saturated heterocycles. The highest BCUT2D eigenvalue weighted by Crippen LogP contribution is 2.34. The van der Waals surface area contributed by atoms with Gasteiger partial charge >= 0.3 is 18.1 Å². The van der Waals surface area contributed by atoms with E-state index in [9.17, 15) is 19.5 Å². The number of hydrogen-bond donors (Lipinski definition) is 3. The van der Waals surface area contributed by atoms with Gasteiger partial charge in [0.05, 0.1) is 31.9 Å². The SMILES string of the molecule is CCOC(=O)N1CCN(CC2=C(C(=O)OC)[C@@H](c3ccc(O)c(OCC)c3)NC(=O)N2)CC1. The number of nitrogens with one attached hydrogen (secondary N) is 2. The minimum Gasteiger partial charge on any atom is -0.504 e. The van der Waals surface area contributed by atoms with Gasteiger partial charge in [-0.2, -0.15) is 0 Å². The van der Waals surface area contributed by atoms with E-state index in [1.54, 1.807) is 30.9 Å². The zero-order chi connectivity index (χ0) is 24.0. The molecule has 0 spiro atoms. The topological polar surface area (TPSA) is 130 Å². The van der Waals surface area contributed by atoms with Gasteiger partial charge in [0.25, 0.3) is 0 Å². The van der Waals surface area contributed by atoms with E-state index < -0.39 is 18.0 Å². The minimum absolute atomic E-state index is 0.0378. The van der Waals surface area contributed by atoms with Crippen molar-refractivity contribution in [3.8, 4) is 11.5 Å². The fourth-order valence-corrected chi connectivity index (χ4v) is 3.85. The van der Waals surface area contributed by atoms with Crippen molar-refractivity contribution in [3.63, 3.8) is 0 Å². The number of urea groups is 1. The third kappa shape index (κ3) is 5.67. The summed E-state index contributed by atoms with van der Waals surface area (Å²) in [7, 11) is 1.28. The van der Waals surface area contributed by atoms with E-state index in [2.05, 4.69) is 10.6 Å². The summed E-state index contributed by atoms with van der Waals surface area (Å²) in [6.07, 6.45) is -0.348. The summed E-state index contributed by atoms with van der Waals surface area (Å²) in [6, 6.07) is 3.42. The van der Waals surface area contributed by atoms with Crippen molar-refractivity contribution in [2.75, 3.05) is 53.0 Å². The number of ether oxygens (including phenoxy) is 3. The van der Waals surface area contributed by atoms with Crippen LogP contribution in [-0.4, -0.2) is 86.0 Å². The van der Waals surface area contributed by atoms with Crippen LogP contribution in [0, 0.1) is 0 Å². The largest absolute Gasteiger partial charge is 0.504 e. The van der Waals surface area contributed by atoms with E-state index in [-0.39, 0.29) is 23.2 Å². The molecule has 0 radical (unpaired) electrons. The molecule has 2 aliphatic heterocycles.